The highest BCUT2D eigenvalue weighted by molar-refractivity contribution is 5.85. The predicted octanol–water partition coefficient (Wildman–Crippen LogP) is 1.28. The van der Waals surface area contributed by atoms with E-state index in [0.29, 0.717) is 19.0 Å². The lowest BCUT2D eigenvalue weighted by Gasteiger charge is -2.03. The summed E-state index contributed by atoms with van der Waals surface area (Å²) in [5.74, 6) is 0.657. The van der Waals surface area contributed by atoms with Crippen LogP contribution in [0.3, 0.4) is 0 Å². The van der Waals surface area contributed by atoms with E-state index in [4.69, 9.17) is 9.15 Å². The van der Waals surface area contributed by atoms with Crippen LogP contribution in [0.4, 0.5) is 5.82 Å². The van der Waals surface area contributed by atoms with Crippen molar-refractivity contribution in [1.82, 2.24) is 10.2 Å². The number of rotatable bonds is 4. The molecule has 1 N–H and O–H groups in total. The van der Waals surface area contributed by atoms with Crippen LogP contribution >= 0.6 is 0 Å². The first-order valence-electron chi connectivity index (χ1n) is 4.33. The number of aromatic nitrogens is 2. The molecule has 0 spiro atoms. The minimum Gasteiger partial charge on any atom is -0.460 e. The molecule has 0 atom stereocenters. The molecule has 0 saturated heterocycles. The van der Waals surface area contributed by atoms with Crippen molar-refractivity contribution in [3.63, 3.8) is 0 Å². The van der Waals surface area contributed by atoms with Crippen LogP contribution in [-0.2, 0) is 4.74 Å². The summed E-state index contributed by atoms with van der Waals surface area (Å²) in [5, 5.41) is 11.8. The van der Waals surface area contributed by atoms with Crippen LogP contribution in [0.1, 0.15) is 0 Å². The predicted molar refractivity (Wildman–Crippen MR) is 52.2 cm³/mol. The van der Waals surface area contributed by atoms with E-state index in [1.807, 2.05) is 6.07 Å². The standard InChI is InChI=1S/C9H11N3O2/c1-13-5-3-10-9-8-7(2-4-14-8)6-11-12-9/h2,4,6H,3,5H2,1H3,(H,10,12). The molecule has 0 radical (unpaired) electrons. The lowest BCUT2D eigenvalue weighted by molar-refractivity contribution is 0.210. The number of ether oxygens (including phenoxy) is 1. The van der Waals surface area contributed by atoms with E-state index in [0.717, 1.165) is 11.0 Å². The van der Waals surface area contributed by atoms with Gasteiger partial charge in [-0.2, -0.15) is 5.10 Å². The quantitative estimate of drug-likeness (QED) is 0.741. The van der Waals surface area contributed by atoms with E-state index in [-0.39, 0.29) is 0 Å². The van der Waals surface area contributed by atoms with Crippen molar-refractivity contribution in [2.45, 2.75) is 0 Å². The van der Waals surface area contributed by atoms with Gasteiger partial charge < -0.3 is 14.5 Å². The molecule has 74 valence electrons. The zero-order chi connectivity index (χ0) is 9.80. The van der Waals surface area contributed by atoms with Gasteiger partial charge in [0.15, 0.2) is 11.4 Å². The molecule has 0 bridgehead atoms. The second-order valence-corrected chi connectivity index (χ2v) is 2.82. The lowest BCUT2D eigenvalue weighted by Crippen LogP contribution is -2.09. The monoisotopic (exact) mass is 193 g/mol. The van der Waals surface area contributed by atoms with Gasteiger partial charge in [0.1, 0.15) is 0 Å². The van der Waals surface area contributed by atoms with Crippen molar-refractivity contribution in [1.29, 1.82) is 0 Å². The maximum Gasteiger partial charge on any atom is 0.192 e. The highest BCUT2D eigenvalue weighted by Gasteiger charge is 2.04. The van der Waals surface area contributed by atoms with Gasteiger partial charge in [0.05, 0.1) is 19.1 Å². The number of anilines is 1. The van der Waals surface area contributed by atoms with E-state index in [9.17, 15) is 0 Å². The summed E-state index contributed by atoms with van der Waals surface area (Å²) < 4.78 is 10.2. The number of nitrogens with one attached hydrogen (secondary N) is 1. The smallest absolute Gasteiger partial charge is 0.192 e. The second-order valence-electron chi connectivity index (χ2n) is 2.82. The number of hydrogen-bond acceptors (Lipinski definition) is 5. The Kier molecular flexibility index (Phi) is 2.60. The summed E-state index contributed by atoms with van der Waals surface area (Å²) in [7, 11) is 1.65. The third-order valence-corrected chi connectivity index (χ3v) is 1.86. The zero-order valence-electron chi connectivity index (χ0n) is 7.86. The summed E-state index contributed by atoms with van der Waals surface area (Å²) in [4.78, 5) is 0. The summed E-state index contributed by atoms with van der Waals surface area (Å²) in [6.45, 7) is 1.31. The lowest BCUT2D eigenvalue weighted by atomic mass is 10.3. The average molecular weight is 193 g/mol. The Labute approximate surface area is 81.1 Å². The van der Waals surface area contributed by atoms with E-state index in [1.54, 1.807) is 19.6 Å². The first-order valence-corrected chi connectivity index (χ1v) is 4.33. The average Bonchev–Trinajstić information content (AvgIpc) is 2.67. The number of furan rings is 1. The van der Waals surface area contributed by atoms with Crippen LogP contribution in [0.2, 0.25) is 0 Å². The number of fused-ring (bicyclic) bond motifs is 1. The molecule has 0 fully saturated rings. The molecule has 0 aliphatic heterocycles. The molecule has 2 rings (SSSR count). The Morgan fingerprint density at radius 2 is 2.50 bits per heavy atom. The van der Waals surface area contributed by atoms with Crippen molar-refractivity contribution in [2.75, 3.05) is 25.6 Å². The van der Waals surface area contributed by atoms with E-state index >= 15 is 0 Å². The minimum atomic E-state index is 0.624. The fourth-order valence-electron chi connectivity index (χ4n) is 1.19. The number of methoxy groups -OCH3 is 1. The third-order valence-electron chi connectivity index (χ3n) is 1.86. The van der Waals surface area contributed by atoms with Crippen LogP contribution < -0.4 is 5.32 Å². The Morgan fingerprint density at radius 1 is 1.57 bits per heavy atom. The highest BCUT2D eigenvalue weighted by atomic mass is 16.5. The summed E-state index contributed by atoms with van der Waals surface area (Å²) in [5.41, 5.74) is 0.733. The van der Waals surface area contributed by atoms with Crippen LogP contribution in [0.5, 0.6) is 0 Å². The van der Waals surface area contributed by atoms with Gasteiger partial charge in [0.25, 0.3) is 0 Å². The molecule has 14 heavy (non-hydrogen) atoms. The Hall–Kier alpha value is -1.62. The maximum atomic E-state index is 5.27. The summed E-state index contributed by atoms with van der Waals surface area (Å²) in [6.07, 6.45) is 3.29. The van der Waals surface area contributed by atoms with Gasteiger partial charge in [-0.15, -0.1) is 5.10 Å². The Balaban J connectivity index is 2.19. The van der Waals surface area contributed by atoms with Gasteiger partial charge >= 0.3 is 0 Å². The van der Waals surface area contributed by atoms with Crippen molar-refractivity contribution in [2.24, 2.45) is 0 Å². The second kappa shape index (κ2) is 4.06. The molecule has 2 heterocycles. The largest absolute Gasteiger partial charge is 0.460 e. The van der Waals surface area contributed by atoms with Crippen molar-refractivity contribution in [3.05, 3.63) is 18.5 Å². The highest BCUT2D eigenvalue weighted by Crippen LogP contribution is 2.19. The molecule has 2 aromatic heterocycles. The summed E-state index contributed by atoms with van der Waals surface area (Å²) >= 11 is 0. The van der Waals surface area contributed by atoms with Gasteiger partial charge in [-0.3, -0.25) is 0 Å². The third kappa shape index (κ3) is 1.67. The van der Waals surface area contributed by atoms with Gasteiger partial charge in [-0.05, 0) is 6.07 Å². The van der Waals surface area contributed by atoms with Crippen LogP contribution in [0.15, 0.2) is 22.9 Å². The van der Waals surface area contributed by atoms with Gasteiger partial charge in [-0.25, -0.2) is 0 Å². The van der Waals surface area contributed by atoms with E-state index in [1.165, 1.54) is 0 Å². The maximum absolute atomic E-state index is 5.27. The first-order chi connectivity index (χ1) is 6.92. The summed E-state index contributed by atoms with van der Waals surface area (Å²) in [6, 6.07) is 1.85. The van der Waals surface area contributed by atoms with Crippen LogP contribution in [-0.4, -0.2) is 30.5 Å². The Morgan fingerprint density at radius 3 is 3.36 bits per heavy atom. The fourth-order valence-corrected chi connectivity index (χ4v) is 1.19. The SMILES string of the molecule is COCCNc1nncc2ccoc12. The Bertz CT molecular complexity index is 413. The number of hydrogen-bond donors (Lipinski definition) is 1. The van der Waals surface area contributed by atoms with Gasteiger partial charge in [0.2, 0.25) is 0 Å². The van der Waals surface area contributed by atoms with Crippen LogP contribution in [0, 0.1) is 0 Å². The normalized spacial score (nSPS) is 10.6. The molecule has 5 heteroatoms. The molecule has 0 aromatic carbocycles. The van der Waals surface area contributed by atoms with E-state index in [2.05, 4.69) is 15.5 Å². The molecular formula is C9H11N3O2. The molecule has 0 aliphatic rings. The fraction of sp³-hybridized carbons (Fsp3) is 0.333. The number of nitrogens with zero attached hydrogens (tertiary/aromatic N) is 2. The molecule has 5 nitrogen and oxygen atoms in total. The molecule has 2 aromatic rings. The van der Waals surface area contributed by atoms with Crippen LogP contribution in [0.25, 0.3) is 11.0 Å². The molecule has 0 unspecified atom stereocenters. The molecule has 0 amide bonds. The van der Waals surface area contributed by atoms with Crippen molar-refractivity contribution < 1.29 is 9.15 Å². The van der Waals surface area contributed by atoms with Crippen molar-refractivity contribution in [3.8, 4) is 0 Å². The minimum absolute atomic E-state index is 0.624. The molecular weight excluding hydrogens is 182 g/mol. The van der Waals surface area contributed by atoms with Crippen molar-refractivity contribution >= 4 is 16.8 Å². The molecule has 0 aliphatic carbocycles. The molecule has 0 saturated carbocycles. The topological polar surface area (TPSA) is 60.2 Å². The zero-order valence-corrected chi connectivity index (χ0v) is 7.86. The van der Waals surface area contributed by atoms with Gasteiger partial charge in [0, 0.05) is 19.0 Å². The van der Waals surface area contributed by atoms with E-state index < -0.39 is 0 Å². The van der Waals surface area contributed by atoms with Gasteiger partial charge in [-0.1, -0.05) is 0 Å². The first kappa shape index (κ1) is 8.96.